The predicted molar refractivity (Wildman–Crippen MR) is 112 cm³/mol. The van der Waals surface area contributed by atoms with Crippen LogP contribution in [-0.4, -0.2) is 35.1 Å². The van der Waals surface area contributed by atoms with Gasteiger partial charge >= 0.3 is 0 Å². The zero-order chi connectivity index (χ0) is 20.4. The fourth-order valence-corrected chi connectivity index (χ4v) is 3.60. The summed E-state index contributed by atoms with van der Waals surface area (Å²) in [6, 6.07) is 15.6. The zero-order valence-corrected chi connectivity index (χ0v) is 17.2. The van der Waals surface area contributed by atoms with Crippen LogP contribution in [0.25, 0.3) is 0 Å². The first kappa shape index (κ1) is 22.0. The van der Waals surface area contributed by atoms with Gasteiger partial charge in [0.25, 0.3) is 0 Å². The number of nitrogens with zero attached hydrogens (tertiary/aromatic N) is 1. The number of thioether (sulfide) groups is 1. The summed E-state index contributed by atoms with van der Waals surface area (Å²) >= 11 is 1.35. The van der Waals surface area contributed by atoms with E-state index in [1.807, 2.05) is 37.3 Å². The molecule has 2 aromatic rings. The molecule has 28 heavy (non-hydrogen) atoms. The van der Waals surface area contributed by atoms with E-state index in [2.05, 4.69) is 5.32 Å². The number of rotatable bonds is 10. The van der Waals surface area contributed by atoms with Crippen molar-refractivity contribution >= 4 is 23.6 Å². The quantitative estimate of drug-likeness (QED) is 0.653. The Morgan fingerprint density at radius 2 is 1.79 bits per heavy atom. The van der Waals surface area contributed by atoms with Crippen LogP contribution in [0.15, 0.2) is 54.6 Å². The number of carbonyl (C=O) groups excluding carboxylic acids is 2. The van der Waals surface area contributed by atoms with Crippen LogP contribution < -0.4 is 5.32 Å². The summed E-state index contributed by atoms with van der Waals surface area (Å²) in [7, 11) is 0. The van der Waals surface area contributed by atoms with E-state index >= 15 is 0 Å². The second-order valence-electron chi connectivity index (χ2n) is 6.56. The molecule has 1 N–H and O–H groups in total. The van der Waals surface area contributed by atoms with Gasteiger partial charge in [0.05, 0.1) is 5.75 Å². The van der Waals surface area contributed by atoms with E-state index in [9.17, 15) is 14.0 Å². The van der Waals surface area contributed by atoms with Gasteiger partial charge in [-0.05, 0) is 30.5 Å². The first-order valence-corrected chi connectivity index (χ1v) is 10.6. The molecule has 0 heterocycles. The Balaban J connectivity index is 2.03. The first-order chi connectivity index (χ1) is 13.5. The minimum atomic E-state index is -0.576. The Hall–Kier alpha value is -2.34. The number of amides is 2. The Morgan fingerprint density at radius 1 is 1.11 bits per heavy atom. The van der Waals surface area contributed by atoms with E-state index in [0.717, 1.165) is 12.0 Å². The Morgan fingerprint density at radius 3 is 2.46 bits per heavy atom. The van der Waals surface area contributed by atoms with Crippen LogP contribution in [0.2, 0.25) is 0 Å². The van der Waals surface area contributed by atoms with Crippen molar-refractivity contribution in [2.45, 2.75) is 38.6 Å². The van der Waals surface area contributed by atoms with Gasteiger partial charge in [-0.15, -0.1) is 11.8 Å². The SMILES string of the molecule is CCCNC(=O)[C@@H](C)N(Cc1ccccc1)C(=O)CSCc1ccccc1F. The van der Waals surface area contributed by atoms with Crippen molar-refractivity contribution in [1.82, 2.24) is 10.2 Å². The number of nitrogens with one attached hydrogen (secondary N) is 1. The molecule has 0 fully saturated rings. The molecule has 0 saturated heterocycles. The van der Waals surface area contributed by atoms with Crippen molar-refractivity contribution in [2.75, 3.05) is 12.3 Å². The first-order valence-electron chi connectivity index (χ1n) is 9.45. The topological polar surface area (TPSA) is 49.4 Å². The minimum absolute atomic E-state index is 0.135. The summed E-state index contributed by atoms with van der Waals surface area (Å²) in [5, 5.41) is 2.85. The van der Waals surface area contributed by atoms with Crippen molar-refractivity contribution in [2.24, 2.45) is 0 Å². The highest BCUT2D eigenvalue weighted by Crippen LogP contribution is 2.17. The van der Waals surface area contributed by atoms with Crippen LogP contribution >= 0.6 is 11.8 Å². The Kier molecular flexibility index (Phi) is 9.01. The van der Waals surface area contributed by atoms with Gasteiger partial charge in [-0.25, -0.2) is 4.39 Å². The van der Waals surface area contributed by atoms with Gasteiger partial charge in [-0.2, -0.15) is 0 Å². The van der Waals surface area contributed by atoms with Gasteiger partial charge in [0, 0.05) is 18.8 Å². The van der Waals surface area contributed by atoms with Crippen LogP contribution in [-0.2, 0) is 21.9 Å². The number of hydrogen-bond acceptors (Lipinski definition) is 3. The molecule has 150 valence electrons. The third-order valence-corrected chi connectivity index (χ3v) is 5.32. The van der Waals surface area contributed by atoms with E-state index in [1.54, 1.807) is 30.0 Å². The minimum Gasteiger partial charge on any atom is -0.354 e. The lowest BCUT2D eigenvalue weighted by atomic mass is 10.1. The van der Waals surface area contributed by atoms with Crippen molar-refractivity contribution in [1.29, 1.82) is 0 Å². The highest BCUT2D eigenvalue weighted by Gasteiger charge is 2.25. The third kappa shape index (κ3) is 6.68. The predicted octanol–water partition coefficient (Wildman–Crippen LogP) is 4.00. The summed E-state index contributed by atoms with van der Waals surface area (Å²) in [4.78, 5) is 26.9. The van der Waals surface area contributed by atoms with Gasteiger partial charge in [0.2, 0.25) is 11.8 Å². The fraction of sp³-hybridized carbons (Fsp3) is 0.364. The molecular formula is C22H27FN2O2S. The maximum atomic E-state index is 13.8. The molecule has 0 aromatic heterocycles. The van der Waals surface area contributed by atoms with Crippen molar-refractivity contribution in [3.8, 4) is 0 Å². The zero-order valence-electron chi connectivity index (χ0n) is 16.4. The monoisotopic (exact) mass is 402 g/mol. The van der Waals surface area contributed by atoms with E-state index in [-0.39, 0.29) is 23.4 Å². The van der Waals surface area contributed by atoms with Crippen molar-refractivity contribution < 1.29 is 14.0 Å². The number of halogens is 1. The van der Waals surface area contributed by atoms with Crippen LogP contribution in [0.5, 0.6) is 0 Å². The number of benzene rings is 2. The molecule has 6 heteroatoms. The average molecular weight is 403 g/mol. The third-order valence-electron chi connectivity index (χ3n) is 4.35. The molecule has 0 saturated carbocycles. The van der Waals surface area contributed by atoms with Crippen LogP contribution in [0.4, 0.5) is 4.39 Å². The molecule has 0 unspecified atom stereocenters. The molecule has 0 aliphatic heterocycles. The second kappa shape index (κ2) is 11.5. The second-order valence-corrected chi connectivity index (χ2v) is 7.54. The summed E-state index contributed by atoms with van der Waals surface area (Å²) in [5.41, 5.74) is 1.54. The van der Waals surface area contributed by atoms with E-state index in [0.29, 0.717) is 24.4 Å². The molecule has 2 amide bonds. The average Bonchev–Trinajstić information content (AvgIpc) is 2.71. The normalized spacial score (nSPS) is 11.7. The largest absolute Gasteiger partial charge is 0.354 e. The molecule has 4 nitrogen and oxygen atoms in total. The molecule has 0 aliphatic rings. The molecule has 1 atom stereocenters. The van der Waals surface area contributed by atoms with E-state index in [1.165, 1.54) is 17.8 Å². The lowest BCUT2D eigenvalue weighted by molar-refractivity contribution is -0.138. The molecule has 2 aromatic carbocycles. The molecule has 2 rings (SSSR count). The summed E-state index contributed by atoms with van der Waals surface area (Å²) in [6.07, 6.45) is 0.837. The highest BCUT2D eigenvalue weighted by atomic mass is 32.2. The van der Waals surface area contributed by atoms with Crippen LogP contribution in [0.1, 0.15) is 31.4 Å². The van der Waals surface area contributed by atoms with Crippen molar-refractivity contribution in [3.05, 3.63) is 71.5 Å². The van der Waals surface area contributed by atoms with Gasteiger partial charge in [0.1, 0.15) is 11.9 Å². The molecular weight excluding hydrogens is 375 g/mol. The Labute approximate surface area is 170 Å². The number of carbonyl (C=O) groups is 2. The van der Waals surface area contributed by atoms with E-state index < -0.39 is 6.04 Å². The van der Waals surface area contributed by atoms with Gasteiger partial charge in [0.15, 0.2) is 0 Å². The molecule has 0 spiro atoms. The number of hydrogen-bond donors (Lipinski definition) is 1. The summed E-state index contributed by atoms with van der Waals surface area (Å²) < 4.78 is 13.8. The molecule has 0 radical (unpaired) electrons. The van der Waals surface area contributed by atoms with Gasteiger partial charge < -0.3 is 10.2 Å². The summed E-state index contributed by atoms with van der Waals surface area (Å²) in [6.45, 7) is 4.67. The Bertz CT molecular complexity index is 770. The lowest BCUT2D eigenvalue weighted by Gasteiger charge is -2.28. The van der Waals surface area contributed by atoms with E-state index in [4.69, 9.17) is 0 Å². The lowest BCUT2D eigenvalue weighted by Crippen LogP contribution is -2.48. The molecule has 0 bridgehead atoms. The summed E-state index contributed by atoms with van der Waals surface area (Å²) in [5.74, 6) is 0.0334. The van der Waals surface area contributed by atoms with Gasteiger partial charge in [-0.3, -0.25) is 9.59 Å². The van der Waals surface area contributed by atoms with Gasteiger partial charge in [-0.1, -0.05) is 55.5 Å². The molecule has 0 aliphatic carbocycles. The fourth-order valence-electron chi connectivity index (χ4n) is 2.71. The maximum Gasteiger partial charge on any atom is 0.242 e. The van der Waals surface area contributed by atoms with Crippen LogP contribution in [0, 0.1) is 5.82 Å². The van der Waals surface area contributed by atoms with Crippen molar-refractivity contribution in [3.63, 3.8) is 0 Å². The maximum absolute atomic E-state index is 13.8. The highest BCUT2D eigenvalue weighted by molar-refractivity contribution is 7.99. The standard InChI is InChI=1S/C22H27FN2O2S/c1-3-13-24-22(27)17(2)25(14-18-9-5-4-6-10-18)21(26)16-28-15-19-11-7-8-12-20(19)23/h4-12,17H,3,13-16H2,1-2H3,(H,24,27)/t17-/m1/s1. The smallest absolute Gasteiger partial charge is 0.242 e. The van der Waals surface area contributed by atoms with Crippen LogP contribution in [0.3, 0.4) is 0 Å².